The Balaban J connectivity index is 0. The maximum atomic E-state index is 10.5. The summed E-state index contributed by atoms with van der Waals surface area (Å²) in [5, 5.41) is 0. The van der Waals surface area contributed by atoms with Crippen molar-refractivity contribution in [2.45, 2.75) is 78.1 Å². The van der Waals surface area contributed by atoms with Crippen LogP contribution in [-0.4, -0.2) is 19.6 Å². The summed E-state index contributed by atoms with van der Waals surface area (Å²) in [5.41, 5.74) is 0. The fourth-order valence-electron chi connectivity index (χ4n) is 2.21. The summed E-state index contributed by atoms with van der Waals surface area (Å²) in [6.07, 6.45) is 11.2. The van der Waals surface area contributed by atoms with Gasteiger partial charge in [0.1, 0.15) is 0 Å². The van der Waals surface area contributed by atoms with Crippen molar-refractivity contribution in [2.24, 2.45) is 5.92 Å². The minimum Gasteiger partial charge on any atom is -0.726 e. The van der Waals surface area contributed by atoms with Crippen molar-refractivity contribution in [2.75, 3.05) is 6.61 Å². The molecule has 0 bridgehead atoms. The minimum absolute atomic E-state index is 0. The first kappa shape index (κ1) is 23.1. The molecule has 0 aromatic heterocycles. The predicted octanol–water partition coefficient (Wildman–Crippen LogP) is 1.02. The molecule has 4 nitrogen and oxygen atoms in total. The van der Waals surface area contributed by atoms with Crippen LogP contribution < -0.4 is 29.6 Å². The standard InChI is InChI=1S/C14H30O4S.Na/c1-3-5-7-9-11-14(12-10-8-6-4-2)13-18-19(15,16)17;/h14H,3-13H2,1-2H3,(H,15,16,17);/q;+1/p-1. The van der Waals surface area contributed by atoms with E-state index < -0.39 is 10.4 Å². The van der Waals surface area contributed by atoms with E-state index in [-0.39, 0.29) is 42.1 Å². The van der Waals surface area contributed by atoms with Crippen molar-refractivity contribution >= 4 is 10.4 Å². The molecule has 0 saturated heterocycles. The molecular formula is C14H29NaO4S. The molecule has 0 radical (unpaired) electrons. The third-order valence-electron chi connectivity index (χ3n) is 3.38. The smallest absolute Gasteiger partial charge is 0.726 e. The summed E-state index contributed by atoms with van der Waals surface area (Å²) in [6, 6.07) is 0. The van der Waals surface area contributed by atoms with Crippen molar-refractivity contribution in [3.63, 3.8) is 0 Å². The zero-order valence-corrected chi connectivity index (χ0v) is 16.2. The van der Waals surface area contributed by atoms with Gasteiger partial charge in [-0.2, -0.15) is 0 Å². The average molecular weight is 316 g/mol. The van der Waals surface area contributed by atoms with E-state index in [9.17, 15) is 13.0 Å². The molecule has 0 aliphatic heterocycles. The normalized spacial score (nSPS) is 11.6. The Bertz CT molecular complexity index is 282. The van der Waals surface area contributed by atoms with Crippen LogP contribution in [0.15, 0.2) is 0 Å². The molecule has 0 heterocycles. The zero-order valence-electron chi connectivity index (χ0n) is 13.4. The van der Waals surface area contributed by atoms with Crippen LogP contribution in [0.1, 0.15) is 78.1 Å². The molecule has 0 aliphatic rings. The van der Waals surface area contributed by atoms with Crippen LogP contribution in [0, 0.1) is 5.92 Å². The quantitative estimate of drug-likeness (QED) is 0.220. The molecule has 0 spiro atoms. The SMILES string of the molecule is CCCCCCC(CCCCCC)COS(=O)(=O)[O-].[Na+]. The van der Waals surface area contributed by atoms with Crippen LogP contribution in [-0.2, 0) is 14.6 Å². The van der Waals surface area contributed by atoms with Gasteiger partial charge in [0.15, 0.2) is 0 Å². The second-order valence-electron chi connectivity index (χ2n) is 5.26. The van der Waals surface area contributed by atoms with Gasteiger partial charge in [-0.1, -0.05) is 65.2 Å². The van der Waals surface area contributed by atoms with Crippen LogP contribution in [0.25, 0.3) is 0 Å². The fraction of sp³-hybridized carbons (Fsp3) is 1.00. The number of rotatable bonds is 13. The Hall–Kier alpha value is 0.870. The summed E-state index contributed by atoms with van der Waals surface area (Å²) >= 11 is 0. The molecule has 6 heteroatoms. The molecule has 0 aromatic rings. The minimum atomic E-state index is -4.54. The second-order valence-corrected chi connectivity index (χ2v) is 6.31. The first-order valence-corrected chi connectivity index (χ1v) is 8.93. The van der Waals surface area contributed by atoms with E-state index in [1.54, 1.807) is 0 Å². The van der Waals surface area contributed by atoms with Crippen LogP contribution in [0.3, 0.4) is 0 Å². The van der Waals surface area contributed by atoms with E-state index in [2.05, 4.69) is 18.0 Å². The van der Waals surface area contributed by atoms with Crippen LogP contribution in [0.4, 0.5) is 0 Å². The molecular weight excluding hydrogens is 287 g/mol. The van der Waals surface area contributed by atoms with Crippen molar-refractivity contribution in [3.05, 3.63) is 0 Å². The molecule has 0 N–H and O–H groups in total. The van der Waals surface area contributed by atoms with Crippen LogP contribution in [0.2, 0.25) is 0 Å². The van der Waals surface area contributed by atoms with Crippen LogP contribution >= 0.6 is 0 Å². The van der Waals surface area contributed by atoms with Gasteiger partial charge in [0.25, 0.3) is 0 Å². The maximum Gasteiger partial charge on any atom is 1.00 e. The molecule has 0 atom stereocenters. The van der Waals surface area contributed by atoms with Gasteiger partial charge in [0.05, 0.1) is 6.61 Å². The Morgan fingerprint density at radius 2 is 1.35 bits per heavy atom. The van der Waals surface area contributed by atoms with Gasteiger partial charge in [-0.05, 0) is 18.8 Å². The Morgan fingerprint density at radius 3 is 1.70 bits per heavy atom. The summed E-state index contributed by atoms with van der Waals surface area (Å²) < 4.78 is 36.0. The topological polar surface area (TPSA) is 66.4 Å². The summed E-state index contributed by atoms with van der Waals surface area (Å²) in [6.45, 7) is 4.38. The Labute approximate surface area is 147 Å². The predicted molar refractivity (Wildman–Crippen MR) is 76.7 cm³/mol. The van der Waals surface area contributed by atoms with Crippen LogP contribution in [0.5, 0.6) is 0 Å². The molecule has 0 rings (SSSR count). The second kappa shape index (κ2) is 14.8. The monoisotopic (exact) mass is 316 g/mol. The third kappa shape index (κ3) is 16.9. The van der Waals surface area contributed by atoms with Gasteiger partial charge in [0, 0.05) is 0 Å². The molecule has 0 fully saturated rings. The van der Waals surface area contributed by atoms with E-state index in [1.165, 1.54) is 38.5 Å². The zero-order chi connectivity index (χ0) is 14.6. The van der Waals surface area contributed by atoms with Crippen molar-refractivity contribution in [3.8, 4) is 0 Å². The molecule has 116 valence electrons. The van der Waals surface area contributed by atoms with Gasteiger partial charge >= 0.3 is 29.6 Å². The van der Waals surface area contributed by atoms with Crippen molar-refractivity contribution in [1.82, 2.24) is 0 Å². The Morgan fingerprint density at radius 1 is 0.900 bits per heavy atom. The molecule has 0 aromatic carbocycles. The first-order valence-electron chi connectivity index (χ1n) is 7.59. The van der Waals surface area contributed by atoms with Crippen molar-refractivity contribution < 1.29 is 46.7 Å². The summed E-state index contributed by atoms with van der Waals surface area (Å²) in [7, 11) is -4.54. The van der Waals surface area contributed by atoms with E-state index >= 15 is 0 Å². The van der Waals surface area contributed by atoms with Gasteiger partial charge in [0.2, 0.25) is 10.4 Å². The van der Waals surface area contributed by atoms with E-state index in [1.807, 2.05) is 0 Å². The number of hydrogen-bond acceptors (Lipinski definition) is 4. The average Bonchev–Trinajstić information content (AvgIpc) is 2.34. The molecule has 0 unspecified atom stereocenters. The van der Waals surface area contributed by atoms with E-state index in [0.29, 0.717) is 0 Å². The first-order chi connectivity index (χ1) is 8.99. The van der Waals surface area contributed by atoms with E-state index in [0.717, 1.165) is 25.7 Å². The number of unbranched alkanes of at least 4 members (excludes halogenated alkanes) is 6. The number of hydrogen-bond donors (Lipinski definition) is 0. The third-order valence-corrected chi connectivity index (χ3v) is 3.80. The van der Waals surface area contributed by atoms with Gasteiger partial charge in [-0.25, -0.2) is 8.42 Å². The molecule has 0 saturated carbocycles. The van der Waals surface area contributed by atoms with Gasteiger partial charge < -0.3 is 4.55 Å². The van der Waals surface area contributed by atoms with E-state index in [4.69, 9.17) is 0 Å². The molecule has 0 amide bonds. The Kier molecular flexibility index (Phi) is 17.1. The fourth-order valence-corrected chi connectivity index (χ4v) is 2.57. The molecule has 20 heavy (non-hydrogen) atoms. The van der Waals surface area contributed by atoms with Gasteiger partial charge in [-0.3, -0.25) is 4.18 Å². The molecule has 0 aliphatic carbocycles. The summed E-state index contributed by atoms with van der Waals surface area (Å²) in [4.78, 5) is 0. The largest absolute Gasteiger partial charge is 1.00 e. The van der Waals surface area contributed by atoms with Gasteiger partial charge in [-0.15, -0.1) is 0 Å². The maximum absolute atomic E-state index is 10.5. The summed E-state index contributed by atoms with van der Waals surface area (Å²) in [5.74, 6) is 0.206. The van der Waals surface area contributed by atoms with Crippen molar-refractivity contribution in [1.29, 1.82) is 0 Å².